The third-order valence-corrected chi connectivity index (χ3v) is 7.41. The van der Waals surface area contributed by atoms with E-state index in [1.54, 1.807) is 6.42 Å². The lowest BCUT2D eigenvalue weighted by Crippen LogP contribution is -2.38. The van der Waals surface area contributed by atoms with Crippen molar-refractivity contribution in [3.63, 3.8) is 0 Å². The molecule has 0 aromatic carbocycles. The predicted octanol–water partition coefficient (Wildman–Crippen LogP) is 6.96. The zero-order chi connectivity index (χ0) is 16.5. The van der Waals surface area contributed by atoms with Crippen LogP contribution in [-0.2, 0) is 0 Å². The maximum Gasteiger partial charge on any atom is -0.0231 e. The summed E-state index contributed by atoms with van der Waals surface area (Å²) < 4.78 is 0. The van der Waals surface area contributed by atoms with Crippen LogP contribution in [0.3, 0.4) is 0 Å². The Labute approximate surface area is 140 Å². The zero-order valence-corrected chi connectivity index (χ0v) is 16.2. The normalized spacial score (nSPS) is 31.7. The minimum atomic E-state index is 0.544. The summed E-state index contributed by atoms with van der Waals surface area (Å²) in [6.07, 6.45) is 12.0. The average molecular weight is 305 g/mol. The second-order valence-electron chi connectivity index (χ2n) is 9.27. The summed E-state index contributed by atoms with van der Waals surface area (Å²) in [5, 5.41) is 0. The van der Waals surface area contributed by atoms with E-state index in [0.29, 0.717) is 5.41 Å². The number of fused-ring (bicyclic) bond motifs is 1. The van der Waals surface area contributed by atoms with Crippen LogP contribution in [0, 0.1) is 46.8 Å². The molecule has 0 amide bonds. The highest BCUT2D eigenvalue weighted by molar-refractivity contribution is 5.08. The highest BCUT2D eigenvalue weighted by Gasteiger charge is 2.59. The van der Waals surface area contributed by atoms with Crippen LogP contribution in [0.2, 0.25) is 0 Å². The van der Waals surface area contributed by atoms with Crippen molar-refractivity contribution in [1.82, 2.24) is 0 Å². The minimum Gasteiger partial charge on any atom is -0.0880 e. The SMILES string of the molecule is CCC(C(C)C)C(C)C=CCC(CC)C(C)(C)C1CC2CC21. The topological polar surface area (TPSA) is 0 Å². The van der Waals surface area contributed by atoms with Gasteiger partial charge in [-0.05, 0) is 66.1 Å². The minimum absolute atomic E-state index is 0.544. The molecule has 0 heterocycles. The number of hydrogen-bond donors (Lipinski definition) is 0. The summed E-state index contributed by atoms with van der Waals surface area (Å²) in [5.41, 5.74) is 0.544. The molecule has 22 heavy (non-hydrogen) atoms. The van der Waals surface area contributed by atoms with Gasteiger partial charge in [-0.25, -0.2) is 0 Å². The Balaban J connectivity index is 1.88. The molecule has 2 rings (SSSR count). The molecular weight excluding hydrogens is 264 g/mol. The van der Waals surface area contributed by atoms with Crippen molar-refractivity contribution in [2.75, 3.05) is 0 Å². The van der Waals surface area contributed by atoms with Gasteiger partial charge in [-0.15, -0.1) is 0 Å². The van der Waals surface area contributed by atoms with E-state index < -0.39 is 0 Å². The summed E-state index contributed by atoms with van der Waals surface area (Å²) in [4.78, 5) is 0. The van der Waals surface area contributed by atoms with Gasteiger partial charge in [0, 0.05) is 0 Å². The summed E-state index contributed by atoms with van der Waals surface area (Å²) >= 11 is 0. The fraction of sp³-hybridized carbons (Fsp3) is 0.909. The van der Waals surface area contributed by atoms with Crippen molar-refractivity contribution in [1.29, 1.82) is 0 Å². The lowest BCUT2D eigenvalue weighted by molar-refractivity contribution is 0.0423. The summed E-state index contributed by atoms with van der Waals surface area (Å²) in [6.45, 7) is 17.0. The number of allylic oxidation sites excluding steroid dienone is 2. The molecule has 2 saturated carbocycles. The van der Waals surface area contributed by atoms with Gasteiger partial charge in [0.05, 0.1) is 0 Å². The van der Waals surface area contributed by atoms with Crippen LogP contribution < -0.4 is 0 Å². The zero-order valence-electron chi connectivity index (χ0n) is 16.2. The molecule has 2 fully saturated rings. The molecule has 0 nitrogen and oxygen atoms in total. The van der Waals surface area contributed by atoms with E-state index in [-0.39, 0.29) is 0 Å². The van der Waals surface area contributed by atoms with E-state index in [2.05, 4.69) is 60.6 Å². The third kappa shape index (κ3) is 3.62. The van der Waals surface area contributed by atoms with Crippen molar-refractivity contribution < 1.29 is 0 Å². The maximum absolute atomic E-state index is 2.56. The van der Waals surface area contributed by atoms with Crippen LogP contribution in [0.15, 0.2) is 12.2 Å². The lowest BCUT2D eigenvalue weighted by Gasteiger charge is -2.45. The first kappa shape index (κ1) is 18.1. The van der Waals surface area contributed by atoms with Gasteiger partial charge in [0.15, 0.2) is 0 Å². The van der Waals surface area contributed by atoms with Crippen LogP contribution in [0.1, 0.15) is 80.6 Å². The molecule has 2 aliphatic carbocycles. The van der Waals surface area contributed by atoms with Crippen LogP contribution in [-0.4, -0.2) is 0 Å². The first-order valence-electron chi connectivity index (χ1n) is 9.99. The van der Waals surface area contributed by atoms with Crippen molar-refractivity contribution in [3.8, 4) is 0 Å². The van der Waals surface area contributed by atoms with E-state index in [1.807, 2.05) is 0 Å². The molecule has 128 valence electrons. The summed E-state index contributed by atoms with van der Waals surface area (Å²) in [7, 11) is 0. The first-order chi connectivity index (χ1) is 10.3. The Morgan fingerprint density at radius 2 is 1.73 bits per heavy atom. The Morgan fingerprint density at radius 3 is 2.14 bits per heavy atom. The van der Waals surface area contributed by atoms with Gasteiger partial charge in [0.1, 0.15) is 0 Å². The standard InChI is InChI=1S/C22H40/c1-8-18(22(6,7)21-14-17-13-20(17)21)12-10-11-16(5)19(9-2)15(3)4/h10-11,15-21H,8-9,12-14H2,1-7H3. The highest BCUT2D eigenvalue weighted by Crippen LogP contribution is 2.66. The monoisotopic (exact) mass is 304 g/mol. The quantitative estimate of drug-likeness (QED) is 0.404. The largest absolute Gasteiger partial charge is 0.0880 e. The van der Waals surface area contributed by atoms with Crippen molar-refractivity contribution in [2.45, 2.75) is 80.6 Å². The van der Waals surface area contributed by atoms with Crippen LogP contribution >= 0.6 is 0 Å². The summed E-state index contributed by atoms with van der Waals surface area (Å²) in [6, 6.07) is 0. The smallest absolute Gasteiger partial charge is 0.0231 e. The molecular formula is C22H40. The van der Waals surface area contributed by atoms with Gasteiger partial charge in [0.25, 0.3) is 0 Å². The Bertz CT molecular complexity index is 375. The molecule has 0 saturated heterocycles. The van der Waals surface area contributed by atoms with E-state index in [0.717, 1.165) is 41.4 Å². The van der Waals surface area contributed by atoms with Crippen LogP contribution in [0.25, 0.3) is 0 Å². The van der Waals surface area contributed by atoms with Gasteiger partial charge >= 0.3 is 0 Å². The van der Waals surface area contributed by atoms with Crippen LogP contribution in [0.5, 0.6) is 0 Å². The second kappa shape index (κ2) is 7.10. The molecule has 0 spiro atoms. The van der Waals surface area contributed by atoms with E-state index in [4.69, 9.17) is 0 Å². The highest BCUT2D eigenvalue weighted by atomic mass is 14.6. The molecule has 0 bridgehead atoms. The number of rotatable bonds is 9. The number of hydrogen-bond acceptors (Lipinski definition) is 0. The van der Waals surface area contributed by atoms with Gasteiger partial charge in [0.2, 0.25) is 0 Å². The lowest BCUT2D eigenvalue weighted by atomic mass is 9.60. The van der Waals surface area contributed by atoms with Crippen molar-refractivity contribution in [3.05, 3.63) is 12.2 Å². The Morgan fingerprint density at radius 1 is 1.05 bits per heavy atom. The van der Waals surface area contributed by atoms with Crippen LogP contribution in [0.4, 0.5) is 0 Å². The Kier molecular flexibility index (Phi) is 5.84. The Hall–Kier alpha value is -0.260. The molecule has 0 heteroatoms. The van der Waals surface area contributed by atoms with E-state index in [9.17, 15) is 0 Å². The van der Waals surface area contributed by atoms with Gasteiger partial charge in [-0.1, -0.05) is 73.5 Å². The summed E-state index contributed by atoms with van der Waals surface area (Å²) in [5.74, 6) is 6.48. The fourth-order valence-electron chi connectivity index (χ4n) is 5.55. The van der Waals surface area contributed by atoms with E-state index >= 15 is 0 Å². The maximum atomic E-state index is 2.56. The molecule has 0 aliphatic heterocycles. The molecule has 2 aliphatic rings. The molecule has 6 unspecified atom stereocenters. The molecule has 6 atom stereocenters. The van der Waals surface area contributed by atoms with Crippen molar-refractivity contribution >= 4 is 0 Å². The molecule has 0 aromatic rings. The van der Waals surface area contributed by atoms with Gasteiger partial charge in [-0.3, -0.25) is 0 Å². The average Bonchev–Trinajstić information content (AvgIpc) is 3.03. The second-order valence-corrected chi connectivity index (χ2v) is 9.27. The molecule has 0 N–H and O–H groups in total. The molecule has 0 radical (unpaired) electrons. The predicted molar refractivity (Wildman–Crippen MR) is 98.8 cm³/mol. The molecule has 0 aromatic heterocycles. The van der Waals surface area contributed by atoms with Gasteiger partial charge < -0.3 is 0 Å². The van der Waals surface area contributed by atoms with Gasteiger partial charge in [-0.2, -0.15) is 0 Å². The third-order valence-electron chi connectivity index (χ3n) is 7.41. The van der Waals surface area contributed by atoms with Crippen molar-refractivity contribution in [2.24, 2.45) is 46.8 Å². The van der Waals surface area contributed by atoms with E-state index in [1.165, 1.54) is 25.7 Å². The fourth-order valence-corrected chi connectivity index (χ4v) is 5.55. The first-order valence-corrected chi connectivity index (χ1v) is 9.99.